The van der Waals surface area contributed by atoms with Gasteiger partial charge in [-0.25, -0.2) is 4.98 Å². The molecule has 0 spiro atoms. The van der Waals surface area contributed by atoms with Gasteiger partial charge in [0.2, 0.25) is 5.91 Å². The van der Waals surface area contributed by atoms with Crippen LogP contribution in [0.2, 0.25) is 0 Å². The van der Waals surface area contributed by atoms with Crippen LogP contribution in [0.4, 0.5) is 0 Å². The number of aryl methyl sites for hydroxylation is 1. The number of piperidine rings is 1. The average Bonchev–Trinajstić information content (AvgIpc) is 3.03. The number of oxazole rings is 1. The lowest BCUT2D eigenvalue weighted by Crippen LogP contribution is -2.41. The Bertz CT molecular complexity index is 626. The van der Waals surface area contributed by atoms with Gasteiger partial charge >= 0.3 is 0 Å². The number of rotatable bonds is 3. The molecule has 1 aromatic heterocycles. The van der Waals surface area contributed by atoms with Crippen molar-refractivity contribution in [2.45, 2.75) is 39.5 Å². The second-order valence-electron chi connectivity index (χ2n) is 7.12. The van der Waals surface area contributed by atoms with Crippen LogP contribution in [0.15, 0.2) is 4.42 Å². The van der Waals surface area contributed by atoms with Gasteiger partial charge in [0.25, 0.3) is 5.91 Å². The Morgan fingerprint density at radius 2 is 1.72 bits per heavy atom. The molecule has 3 heterocycles. The number of amides is 2. The summed E-state index contributed by atoms with van der Waals surface area (Å²) >= 11 is 0. The van der Waals surface area contributed by atoms with Crippen LogP contribution < -0.4 is 0 Å². The normalized spacial score (nSPS) is 19.5. The number of ether oxygens (including phenoxy) is 1. The SMILES string of the molecule is Cc1oc(C2CCN(C(=O)C(C)C)CC2)nc1C(=O)N1CCOCC1. The number of hydrogen-bond acceptors (Lipinski definition) is 5. The van der Waals surface area contributed by atoms with E-state index in [0.717, 1.165) is 25.9 Å². The third-order valence-corrected chi connectivity index (χ3v) is 4.96. The largest absolute Gasteiger partial charge is 0.445 e. The Morgan fingerprint density at radius 1 is 1.08 bits per heavy atom. The summed E-state index contributed by atoms with van der Waals surface area (Å²) in [6.45, 7) is 9.40. The summed E-state index contributed by atoms with van der Waals surface area (Å²) in [6, 6.07) is 0. The van der Waals surface area contributed by atoms with E-state index in [1.54, 1.807) is 11.8 Å². The quantitative estimate of drug-likeness (QED) is 0.832. The van der Waals surface area contributed by atoms with Gasteiger partial charge < -0.3 is 19.0 Å². The first-order chi connectivity index (χ1) is 12.0. The van der Waals surface area contributed by atoms with Crippen LogP contribution in [0.5, 0.6) is 0 Å². The van der Waals surface area contributed by atoms with Crippen LogP contribution in [0.1, 0.15) is 54.7 Å². The van der Waals surface area contributed by atoms with Crippen LogP contribution >= 0.6 is 0 Å². The molecular formula is C18H27N3O4. The maximum Gasteiger partial charge on any atom is 0.276 e. The highest BCUT2D eigenvalue weighted by Crippen LogP contribution is 2.29. The fourth-order valence-electron chi connectivity index (χ4n) is 3.42. The molecule has 2 amide bonds. The number of likely N-dealkylation sites (tertiary alicyclic amines) is 1. The smallest absolute Gasteiger partial charge is 0.276 e. The van der Waals surface area contributed by atoms with E-state index in [0.29, 0.717) is 43.6 Å². The molecule has 0 N–H and O–H groups in total. The molecule has 2 saturated heterocycles. The van der Waals surface area contributed by atoms with Gasteiger partial charge in [0.15, 0.2) is 11.6 Å². The van der Waals surface area contributed by atoms with Gasteiger partial charge in [0.05, 0.1) is 13.2 Å². The molecule has 0 aliphatic carbocycles. The minimum atomic E-state index is -0.0804. The molecule has 0 unspecified atom stereocenters. The van der Waals surface area contributed by atoms with Crippen LogP contribution in [-0.4, -0.2) is 66.0 Å². The molecule has 0 atom stereocenters. The molecule has 3 rings (SSSR count). The second kappa shape index (κ2) is 7.56. The lowest BCUT2D eigenvalue weighted by Gasteiger charge is -2.31. The topological polar surface area (TPSA) is 75.9 Å². The third kappa shape index (κ3) is 3.86. The highest BCUT2D eigenvalue weighted by atomic mass is 16.5. The molecule has 138 valence electrons. The van der Waals surface area contributed by atoms with E-state index in [1.807, 2.05) is 18.7 Å². The van der Waals surface area contributed by atoms with Crippen molar-refractivity contribution in [2.75, 3.05) is 39.4 Å². The van der Waals surface area contributed by atoms with Crippen molar-refractivity contribution in [1.82, 2.24) is 14.8 Å². The number of morpholine rings is 1. The van der Waals surface area contributed by atoms with Gasteiger partial charge in [-0.2, -0.15) is 0 Å². The van der Waals surface area contributed by atoms with Gasteiger partial charge in [-0.3, -0.25) is 9.59 Å². The molecule has 25 heavy (non-hydrogen) atoms. The summed E-state index contributed by atoms with van der Waals surface area (Å²) in [4.78, 5) is 32.9. The van der Waals surface area contributed by atoms with Gasteiger partial charge in [-0.05, 0) is 19.8 Å². The predicted octanol–water partition coefficient (Wildman–Crippen LogP) is 1.82. The number of carbonyl (C=O) groups excluding carboxylic acids is 2. The summed E-state index contributed by atoms with van der Waals surface area (Å²) in [5.41, 5.74) is 0.414. The standard InChI is InChI=1S/C18H27N3O4/c1-12(2)17(22)20-6-4-14(5-7-20)16-19-15(13(3)25-16)18(23)21-8-10-24-11-9-21/h12,14H,4-11H2,1-3H3. The van der Waals surface area contributed by atoms with Gasteiger partial charge in [0.1, 0.15) is 5.76 Å². The van der Waals surface area contributed by atoms with E-state index < -0.39 is 0 Å². The molecule has 0 bridgehead atoms. The number of nitrogens with zero attached hydrogens (tertiary/aromatic N) is 3. The summed E-state index contributed by atoms with van der Waals surface area (Å²) in [5.74, 6) is 1.52. The van der Waals surface area contributed by atoms with E-state index in [4.69, 9.17) is 9.15 Å². The molecule has 2 aliphatic rings. The van der Waals surface area contributed by atoms with Crippen molar-refractivity contribution in [3.63, 3.8) is 0 Å². The minimum absolute atomic E-state index is 0.0262. The van der Waals surface area contributed by atoms with Crippen molar-refractivity contribution in [3.8, 4) is 0 Å². The Labute approximate surface area is 148 Å². The molecule has 0 radical (unpaired) electrons. The van der Waals surface area contributed by atoms with Gasteiger partial charge in [0, 0.05) is 38.0 Å². The van der Waals surface area contributed by atoms with Crippen molar-refractivity contribution in [3.05, 3.63) is 17.3 Å². The Morgan fingerprint density at radius 3 is 2.32 bits per heavy atom. The van der Waals surface area contributed by atoms with Crippen molar-refractivity contribution in [2.24, 2.45) is 5.92 Å². The second-order valence-corrected chi connectivity index (χ2v) is 7.12. The molecule has 7 heteroatoms. The van der Waals surface area contributed by atoms with E-state index in [1.165, 1.54) is 0 Å². The first kappa shape index (κ1) is 17.9. The van der Waals surface area contributed by atoms with Gasteiger partial charge in [-0.1, -0.05) is 13.8 Å². The molecular weight excluding hydrogens is 322 g/mol. The summed E-state index contributed by atoms with van der Waals surface area (Å²) < 4.78 is 11.1. The maximum atomic E-state index is 12.6. The van der Waals surface area contributed by atoms with Crippen molar-refractivity contribution in [1.29, 1.82) is 0 Å². The molecule has 0 saturated carbocycles. The van der Waals surface area contributed by atoms with Gasteiger partial charge in [-0.15, -0.1) is 0 Å². The first-order valence-electron chi connectivity index (χ1n) is 9.10. The Balaban J connectivity index is 1.65. The zero-order valence-electron chi connectivity index (χ0n) is 15.3. The number of aromatic nitrogens is 1. The maximum absolute atomic E-state index is 12.6. The van der Waals surface area contributed by atoms with E-state index in [9.17, 15) is 9.59 Å². The van der Waals surface area contributed by atoms with Crippen molar-refractivity contribution >= 4 is 11.8 Å². The Hall–Kier alpha value is -1.89. The fourth-order valence-corrected chi connectivity index (χ4v) is 3.42. The van der Waals surface area contributed by atoms with Crippen LogP contribution in [0.3, 0.4) is 0 Å². The minimum Gasteiger partial charge on any atom is -0.445 e. The van der Waals surface area contributed by atoms with Crippen LogP contribution in [0.25, 0.3) is 0 Å². The first-order valence-corrected chi connectivity index (χ1v) is 9.10. The monoisotopic (exact) mass is 349 g/mol. The molecule has 1 aromatic rings. The summed E-state index contributed by atoms with van der Waals surface area (Å²) in [7, 11) is 0. The average molecular weight is 349 g/mol. The van der Waals surface area contributed by atoms with Crippen LogP contribution in [0, 0.1) is 12.8 Å². The molecule has 7 nitrogen and oxygen atoms in total. The zero-order valence-corrected chi connectivity index (χ0v) is 15.3. The van der Waals surface area contributed by atoms with E-state index >= 15 is 0 Å². The summed E-state index contributed by atoms with van der Waals surface area (Å²) in [5, 5.41) is 0. The van der Waals surface area contributed by atoms with Crippen LogP contribution in [-0.2, 0) is 9.53 Å². The van der Waals surface area contributed by atoms with Crippen molar-refractivity contribution < 1.29 is 18.7 Å². The lowest BCUT2D eigenvalue weighted by molar-refractivity contribution is -0.135. The number of hydrogen-bond donors (Lipinski definition) is 0. The Kier molecular flexibility index (Phi) is 5.42. The molecule has 0 aromatic carbocycles. The fraction of sp³-hybridized carbons (Fsp3) is 0.722. The molecule has 2 aliphatic heterocycles. The zero-order chi connectivity index (χ0) is 18.0. The number of carbonyl (C=O) groups is 2. The highest BCUT2D eigenvalue weighted by molar-refractivity contribution is 5.93. The molecule has 2 fully saturated rings. The van der Waals surface area contributed by atoms with E-state index in [-0.39, 0.29) is 23.7 Å². The summed E-state index contributed by atoms with van der Waals surface area (Å²) in [6.07, 6.45) is 1.65. The predicted molar refractivity (Wildman–Crippen MR) is 91.4 cm³/mol. The highest BCUT2D eigenvalue weighted by Gasteiger charge is 2.30. The third-order valence-electron chi connectivity index (χ3n) is 4.96. The van der Waals surface area contributed by atoms with E-state index in [2.05, 4.69) is 4.98 Å². The lowest BCUT2D eigenvalue weighted by atomic mass is 9.96.